The smallest absolute Gasteiger partial charge is 0.256 e. The molecule has 0 amide bonds. The molecule has 0 fully saturated rings. The third-order valence-corrected chi connectivity index (χ3v) is 16.2. The molecule has 18 rings (SSSR count). The van der Waals surface area contributed by atoms with E-state index >= 15 is 0 Å². The van der Waals surface area contributed by atoms with Crippen molar-refractivity contribution in [1.82, 2.24) is 18.3 Å². The van der Waals surface area contributed by atoms with Gasteiger partial charge >= 0.3 is 0 Å². The second-order valence-corrected chi connectivity index (χ2v) is 19.1. The molecule has 0 radical (unpaired) electrons. The molecule has 0 bridgehead atoms. The Morgan fingerprint density at radius 1 is 0.284 bits per heavy atom. The molecule has 8 heterocycles. The van der Waals surface area contributed by atoms with Crippen molar-refractivity contribution in [3.8, 4) is 34.2 Å². The minimum Gasteiger partial charge on any atom is -0.458 e. The molecular formula is C60H32B2N4O. The summed E-state index contributed by atoms with van der Waals surface area (Å²) in [5.41, 5.74) is 22.7. The Bertz CT molecular complexity index is 4680. The molecule has 7 heteroatoms. The predicted octanol–water partition coefficient (Wildman–Crippen LogP) is 10.2. The number of aromatic nitrogens is 4. The van der Waals surface area contributed by atoms with Crippen LogP contribution in [0.3, 0.4) is 0 Å². The van der Waals surface area contributed by atoms with Gasteiger partial charge in [-0.05, 0) is 93.4 Å². The molecule has 67 heavy (non-hydrogen) atoms. The number of hydrogen-bond acceptors (Lipinski definition) is 1. The Hall–Kier alpha value is -8.67. The lowest BCUT2D eigenvalue weighted by atomic mass is 9.34. The first-order valence-corrected chi connectivity index (χ1v) is 23.4. The second-order valence-electron chi connectivity index (χ2n) is 19.1. The lowest BCUT2D eigenvalue weighted by Gasteiger charge is -2.33. The summed E-state index contributed by atoms with van der Waals surface area (Å²) in [6.07, 6.45) is 0. The van der Waals surface area contributed by atoms with Gasteiger partial charge in [-0.25, -0.2) is 0 Å². The Balaban J connectivity index is 0.923. The maximum atomic E-state index is 7.10. The highest BCUT2D eigenvalue weighted by atomic mass is 16.5. The highest BCUT2D eigenvalue weighted by molar-refractivity contribution is 7.00. The molecule has 5 nitrogen and oxygen atoms in total. The van der Waals surface area contributed by atoms with E-state index in [1.165, 1.54) is 132 Å². The average molecular weight is 847 g/mol. The van der Waals surface area contributed by atoms with E-state index in [-0.39, 0.29) is 13.4 Å². The molecule has 0 unspecified atom stereocenters. The fourth-order valence-electron chi connectivity index (χ4n) is 13.8. The summed E-state index contributed by atoms with van der Waals surface area (Å²) in [6.45, 7) is 0.124. The van der Waals surface area contributed by atoms with Crippen molar-refractivity contribution in [2.24, 2.45) is 0 Å². The largest absolute Gasteiger partial charge is 0.458 e. The first-order valence-electron chi connectivity index (χ1n) is 23.4. The summed E-state index contributed by atoms with van der Waals surface area (Å²) in [4.78, 5) is 0. The maximum absolute atomic E-state index is 7.10. The summed E-state index contributed by atoms with van der Waals surface area (Å²) >= 11 is 0. The van der Waals surface area contributed by atoms with Gasteiger partial charge in [0.1, 0.15) is 11.5 Å². The van der Waals surface area contributed by atoms with Crippen LogP contribution in [0.15, 0.2) is 194 Å². The van der Waals surface area contributed by atoms with E-state index in [1.807, 2.05) is 0 Å². The van der Waals surface area contributed by atoms with E-state index in [0.717, 1.165) is 22.7 Å². The van der Waals surface area contributed by atoms with Gasteiger partial charge in [0, 0.05) is 88.5 Å². The summed E-state index contributed by atoms with van der Waals surface area (Å²) in [6, 6.07) is 72.8. The molecule has 14 aromatic rings. The minimum atomic E-state index is 0.00260. The molecule has 0 aliphatic carbocycles. The van der Waals surface area contributed by atoms with Crippen molar-refractivity contribution < 1.29 is 4.74 Å². The van der Waals surface area contributed by atoms with Crippen LogP contribution in [0, 0.1) is 0 Å². The Labute approximate surface area is 383 Å². The number of ether oxygens (including phenoxy) is 1. The van der Waals surface area contributed by atoms with Crippen LogP contribution in [0.25, 0.3) is 110 Å². The average Bonchev–Trinajstić information content (AvgIpc) is 4.10. The first kappa shape index (κ1) is 33.8. The van der Waals surface area contributed by atoms with Crippen molar-refractivity contribution in [2.45, 2.75) is 0 Å². The predicted molar refractivity (Wildman–Crippen MR) is 280 cm³/mol. The fourth-order valence-corrected chi connectivity index (χ4v) is 13.8. The SMILES string of the molecule is c1ccc(-n2c3ccccc3c3cc4c(cc32)Oc2cccc3c2B4c2cccc4c5cc6c7cccc8c7n(c6cc5n-3c24)-c2cccc3c2B8c2cccc4c5ccccc5n-3c24)cc1. The molecule has 0 saturated carbocycles. The van der Waals surface area contributed by atoms with Gasteiger partial charge in [-0.3, -0.25) is 0 Å². The Kier molecular flexibility index (Phi) is 5.75. The molecule has 0 atom stereocenters. The van der Waals surface area contributed by atoms with Gasteiger partial charge in [-0.2, -0.15) is 0 Å². The zero-order valence-corrected chi connectivity index (χ0v) is 35.8. The zero-order chi connectivity index (χ0) is 43.0. The number of fused-ring (bicyclic) bond motifs is 20. The van der Waals surface area contributed by atoms with Gasteiger partial charge in [-0.1, -0.05) is 127 Å². The van der Waals surface area contributed by atoms with E-state index in [9.17, 15) is 0 Å². The van der Waals surface area contributed by atoms with Crippen molar-refractivity contribution in [1.29, 1.82) is 0 Å². The normalized spacial score (nSPS) is 13.7. The molecule has 4 aliphatic heterocycles. The van der Waals surface area contributed by atoms with Crippen LogP contribution in [-0.4, -0.2) is 31.7 Å². The fraction of sp³-hybridized carbons (Fsp3) is 0. The molecule has 10 aromatic carbocycles. The second kappa shape index (κ2) is 11.4. The number of para-hydroxylation sites is 6. The maximum Gasteiger partial charge on any atom is 0.256 e. The molecule has 304 valence electrons. The Morgan fingerprint density at radius 3 is 1.40 bits per heavy atom. The van der Waals surface area contributed by atoms with Crippen molar-refractivity contribution in [3.05, 3.63) is 194 Å². The third-order valence-electron chi connectivity index (χ3n) is 16.2. The number of rotatable bonds is 1. The zero-order valence-electron chi connectivity index (χ0n) is 35.8. The van der Waals surface area contributed by atoms with Gasteiger partial charge < -0.3 is 23.0 Å². The van der Waals surface area contributed by atoms with E-state index in [1.54, 1.807) is 0 Å². The highest BCUT2D eigenvalue weighted by Crippen LogP contribution is 2.44. The quantitative estimate of drug-likeness (QED) is 0.151. The first-order chi connectivity index (χ1) is 33.3. The summed E-state index contributed by atoms with van der Waals surface area (Å²) in [7, 11) is 0. The van der Waals surface area contributed by atoms with Gasteiger partial charge in [0.05, 0.1) is 27.6 Å². The number of hydrogen-bond donors (Lipinski definition) is 0. The van der Waals surface area contributed by atoms with Crippen LogP contribution >= 0.6 is 0 Å². The summed E-state index contributed by atoms with van der Waals surface area (Å²) in [5.74, 6) is 1.84. The van der Waals surface area contributed by atoms with Crippen LogP contribution in [0.5, 0.6) is 11.5 Å². The highest BCUT2D eigenvalue weighted by Gasteiger charge is 2.43. The van der Waals surface area contributed by atoms with Crippen molar-refractivity contribution in [3.63, 3.8) is 0 Å². The van der Waals surface area contributed by atoms with Crippen LogP contribution in [0.1, 0.15) is 0 Å². The van der Waals surface area contributed by atoms with Crippen molar-refractivity contribution >= 4 is 133 Å². The van der Waals surface area contributed by atoms with E-state index in [0.29, 0.717) is 0 Å². The van der Waals surface area contributed by atoms with E-state index in [2.05, 4.69) is 212 Å². The molecule has 0 saturated heterocycles. The van der Waals surface area contributed by atoms with Crippen LogP contribution < -0.4 is 37.5 Å². The van der Waals surface area contributed by atoms with E-state index < -0.39 is 0 Å². The van der Waals surface area contributed by atoms with Crippen LogP contribution in [-0.2, 0) is 0 Å². The summed E-state index contributed by atoms with van der Waals surface area (Å²) < 4.78 is 17.2. The third kappa shape index (κ3) is 3.79. The lowest BCUT2D eigenvalue weighted by Crippen LogP contribution is -2.59. The van der Waals surface area contributed by atoms with Crippen molar-refractivity contribution in [2.75, 3.05) is 0 Å². The van der Waals surface area contributed by atoms with Gasteiger partial charge in [0.2, 0.25) is 0 Å². The molecule has 4 aromatic heterocycles. The van der Waals surface area contributed by atoms with Gasteiger partial charge in [-0.15, -0.1) is 0 Å². The molecular weight excluding hydrogens is 814 g/mol. The lowest BCUT2D eigenvalue weighted by molar-refractivity contribution is 0.488. The molecule has 4 aliphatic rings. The number of benzene rings is 10. The summed E-state index contributed by atoms with van der Waals surface area (Å²) in [5, 5.41) is 10.2. The van der Waals surface area contributed by atoms with E-state index in [4.69, 9.17) is 4.74 Å². The minimum absolute atomic E-state index is 0.00260. The number of nitrogens with zero attached hydrogens (tertiary/aromatic N) is 4. The van der Waals surface area contributed by atoms with Crippen LogP contribution in [0.2, 0.25) is 0 Å². The molecule has 0 N–H and O–H groups in total. The standard InChI is InChI=1S/C60H32B2N4O/c1-2-13-33(14-3-1)63-46-23-6-5-16-35(46)41-30-45-55(32-53(41)63)67-54-28-12-27-50-57(54)62(45)44-22-10-19-38-40-29-39-37-18-9-21-43-59(37)65(51(39)31-52(40)66(50)60(38)44)49-26-11-25-48-56(49)61(43)42-20-8-17-36-34-15-4-7-24-47(34)64(48)58(36)42/h1-32H. The molecule has 0 spiro atoms. The van der Waals surface area contributed by atoms with Crippen LogP contribution in [0.4, 0.5) is 0 Å². The topological polar surface area (TPSA) is 28.9 Å². The monoisotopic (exact) mass is 846 g/mol. The van der Waals surface area contributed by atoms with Gasteiger partial charge in [0.25, 0.3) is 13.4 Å². The Morgan fingerprint density at radius 2 is 0.746 bits per heavy atom. The van der Waals surface area contributed by atoms with Gasteiger partial charge in [0.15, 0.2) is 0 Å².